The Bertz CT molecular complexity index is 588. The van der Waals surface area contributed by atoms with E-state index in [4.69, 9.17) is 0 Å². The molecule has 0 saturated carbocycles. The second-order valence-electron chi connectivity index (χ2n) is 4.81. The molecular weight excluding hydrogens is 244 g/mol. The van der Waals surface area contributed by atoms with Crippen molar-refractivity contribution in [2.45, 2.75) is 32.9 Å². The van der Waals surface area contributed by atoms with Crippen LogP contribution >= 0.6 is 0 Å². The van der Waals surface area contributed by atoms with Crippen molar-refractivity contribution in [3.8, 4) is 0 Å². The minimum absolute atomic E-state index is 0.160. The number of aliphatic hydroxyl groups excluding tert-OH is 1. The Morgan fingerprint density at radius 2 is 2.26 bits per heavy atom. The first-order chi connectivity index (χ1) is 9.13. The van der Waals surface area contributed by atoms with E-state index in [0.717, 1.165) is 18.5 Å². The standard InChI is InChI=1S/C13H20N4O2/c1-3-9(8(2)18)4-14-5-10-6-15-12-11(10)16-7-17-13(12)19/h6-9,14-15,18H,3-5H2,1-2H3,(H,16,17,19). The molecule has 2 rings (SSSR count). The molecule has 0 spiro atoms. The Hall–Kier alpha value is -1.66. The molecule has 6 nitrogen and oxygen atoms in total. The number of aromatic nitrogens is 3. The number of fused-ring (bicyclic) bond motifs is 1. The highest BCUT2D eigenvalue weighted by molar-refractivity contribution is 5.77. The van der Waals surface area contributed by atoms with E-state index in [0.29, 0.717) is 17.6 Å². The molecule has 0 aliphatic heterocycles. The topological polar surface area (TPSA) is 93.8 Å². The maximum atomic E-state index is 11.5. The van der Waals surface area contributed by atoms with Gasteiger partial charge in [0.25, 0.3) is 5.56 Å². The highest BCUT2D eigenvalue weighted by atomic mass is 16.3. The average molecular weight is 264 g/mol. The van der Waals surface area contributed by atoms with Crippen LogP contribution in [0.2, 0.25) is 0 Å². The van der Waals surface area contributed by atoms with Crippen molar-refractivity contribution < 1.29 is 5.11 Å². The number of H-pyrrole nitrogens is 2. The minimum Gasteiger partial charge on any atom is -0.393 e. The van der Waals surface area contributed by atoms with Crippen molar-refractivity contribution >= 4 is 11.0 Å². The van der Waals surface area contributed by atoms with Crippen LogP contribution in [0, 0.1) is 5.92 Å². The lowest BCUT2D eigenvalue weighted by molar-refractivity contribution is 0.121. The lowest BCUT2D eigenvalue weighted by atomic mass is 10.0. The van der Waals surface area contributed by atoms with E-state index in [1.165, 1.54) is 6.33 Å². The Morgan fingerprint density at radius 3 is 2.95 bits per heavy atom. The second kappa shape index (κ2) is 5.99. The zero-order valence-electron chi connectivity index (χ0n) is 11.2. The summed E-state index contributed by atoms with van der Waals surface area (Å²) in [6.45, 7) is 5.23. The number of hydrogen-bond acceptors (Lipinski definition) is 4. The second-order valence-corrected chi connectivity index (χ2v) is 4.81. The molecular formula is C13H20N4O2. The first kappa shape index (κ1) is 13.8. The van der Waals surface area contributed by atoms with Crippen LogP contribution in [0.25, 0.3) is 11.0 Å². The zero-order chi connectivity index (χ0) is 13.8. The molecule has 2 unspecified atom stereocenters. The fraction of sp³-hybridized carbons (Fsp3) is 0.538. The highest BCUT2D eigenvalue weighted by Crippen LogP contribution is 2.12. The van der Waals surface area contributed by atoms with Crippen LogP contribution in [0.1, 0.15) is 25.8 Å². The van der Waals surface area contributed by atoms with E-state index in [-0.39, 0.29) is 17.6 Å². The summed E-state index contributed by atoms with van der Waals surface area (Å²) in [5.41, 5.74) is 2.00. The summed E-state index contributed by atoms with van der Waals surface area (Å²) < 4.78 is 0. The van der Waals surface area contributed by atoms with Crippen LogP contribution in [-0.2, 0) is 6.54 Å². The number of rotatable bonds is 6. The van der Waals surface area contributed by atoms with E-state index >= 15 is 0 Å². The van der Waals surface area contributed by atoms with Gasteiger partial charge >= 0.3 is 0 Å². The predicted molar refractivity (Wildman–Crippen MR) is 73.9 cm³/mol. The van der Waals surface area contributed by atoms with E-state index in [1.54, 1.807) is 6.20 Å². The molecule has 0 aliphatic carbocycles. The molecule has 2 aromatic heterocycles. The molecule has 0 amide bonds. The molecule has 0 aliphatic rings. The molecule has 19 heavy (non-hydrogen) atoms. The van der Waals surface area contributed by atoms with Gasteiger partial charge in [0.2, 0.25) is 0 Å². The molecule has 104 valence electrons. The fourth-order valence-corrected chi connectivity index (χ4v) is 2.19. The van der Waals surface area contributed by atoms with E-state index in [2.05, 4.69) is 27.2 Å². The number of nitrogens with one attached hydrogen (secondary N) is 3. The quantitative estimate of drug-likeness (QED) is 0.619. The van der Waals surface area contributed by atoms with Crippen molar-refractivity contribution in [2.75, 3.05) is 6.54 Å². The first-order valence-corrected chi connectivity index (χ1v) is 6.56. The Balaban J connectivity index is 2.03. The molecule has 0 bridgehead atoms. The molecule has 6 heteroatoms. The van der Waals surface area contributed by atoms with Gasteiger partial charge in [-0.2, -0.15) is 0 Å². The summed E-state index contributed by atoms with van der Waals surface area (Å²) in [6.07, 6.45) is 3.81. The maximum Gasteiger partial charge on any atom is 0.275 e. The Kier molecular flexibility index (Phi) is 4.34. The van der Waals surface area contributed by atoms with Crippen molar-refractivity contribution in [1.82, 2.24) is 20.3 Å². The minimum atomic E-state index is -0.318. The van der Waals surface area contributed by atoms with Crippen LogP contribution in [0.4, 0.5) is 0 Å². The number of hydrogen-bond donors (Lipinski definition) is 4. The number of nitrogens with zero attached hydrogens (tertiary/aromatic N) is 1. The Labute approximate surface area is 111 Å². The highest BCUT2D eigenvalue weighted by Gasteiger charge is 2.13. The largest absolute Gasteiger partial charge is 0.393 e. The fourth-order valence-electron chi connectivity index (χ4n) is 2.19. The van der Waals surface area contributed by atoms with Gasteiger partial charge in [-0.25, -0.2) is 4.98 Å². The lowest BCUT2D eigenvalue weighted by Gasteiger charge is -2.18. The molecule has 0 radical (unpaired) electrons. The van der Waals surface area contributed by atoms with Gasteiger partial charge in [-0.3, -0.25) is 4.79 Å². The van der Waals surface area contributed by atoms with Crippen molar-refractivity contribution in [3.63, 3.8) is 0 Å². The van der Waals surface area contributed by atoms with Gasteiger partial charge in [-0.15, -0.1) is 0 Å². The summed E-state index contributed by atoms with van der Waals surface area (Å²) in [4.78, 5) is 21.2. The average Bonchev–Trinajstić information content (AvgIpc) is 2.79. The maximum absolute atomic E-state index is 11.5. The molecule has 2 heterocycles. The van der Waals surface area contributed by atoms with Gasteiger partial charge in [0.15, 0.2) is 0 Å². The molecule has 0 aromatic carbocycles. The Morgan fingerprint density at radius 1 is 1.47 bits per heavy atom. The van der Waals surface area contributed by atoms with Crippen LogP contribution in [0.15, 0.2) is 17.3 Å². The first-order valence-electron chi connectivity index (χ1n) is 6.56. The SMILES string of the molecule is CCC(CNCc1c[nH]c2c(=O)[nH]cnc12)C(C)O. The smallest absolute Gasteiger partial charge is 0.275 e. The summed E-state index contributed by atoms with van der Waals surface area (Å²) >= 11 is 0. The van der Waals surface area contributed by atoms with E-state index in [9.17, 15) is 9.90 Å². The number of aliphatic hydroxyl groups is 1. The monoisotopic (exact) mass is 264 g/mol. The van der Waals surface area contributed by atoms with E-state index < -0.39 is 0 Å². The normalized spacial score (nSPS) is 14.7. The van der Waals surface area contributed by atoms with Crippen molar-refractivity contribution in [3.05, 3.63) is 28.4 Å². The van der Waals surface area contributed by atoms with Crippen LogP contribution in [-0.4, -0.2) is 32.7 Å². The third-order valence-corrected chi connectivity index (χ3v) is 3.48. The number of aromatic amines is 2. The van der Waals surface area contributed by atoms with Gasteiger partial charge in [0.1, 0.15) is 5.52 Å². The zero-order valence-corrected chi connectivity index (χ0v) is 11.2. The van der Waals surface area contributed by atoms with Gasteiger partial charge in [0.05, 0.1) is 17.9 Å². The molecule has 0 fully saturated rings. The van der Waals surface area contributed by atoms with Gasteiger partial charge in [-0.05, 0) is 19.3 Å². The molecule has 4 N–H and O–H groups in total. The molecule has 2 atom stereocenters. The summed E-state index contributed by atoms with van der Waals surface area (Å²) in [5, 5.41) is 12.9. The van der Waals surface area contributed by atoms with Gasteiger partial charge in [-0.1, -0.05) is 6.92 Å². The van der Waals surface area contributed by atoms with Crippen LogP contribution < -0.4 is 10.9 Å². The van der Waals surface area contributed by atoms with Crippen LogP contribution in [0.3, 0.4) is 0 Å². The molecule has 0 saturated heterocycles. The molecule has 2 aromatic rings. The summed E-state index contributed by atoms with van der Waals surface area (Å²) in [7, 11) is 0. The summed E-state index contributed by atoms with van der Waals surface area (Å²) in [5.74, 6) is 0.238. The van der Waals surface area contributed by atoms with Crippen molar-refractivity contribution in [2.24, 2.45) is 5.92 Å². The van der Waals surface area contributed by atoms with Gasteiger partial charge < -0.3 is 20.4 Å². The summed E-state index contributed by atoms with van der Waals surface area (Å²) in [6, 6.07) is 0. The van der Waals surface area contributed by atoms with Crippen molar-refractivity contribution in [1.29, 1.82) is 0 Å². The third kappa shape index (κ3) is 3.02. The van der Waals surface area contributed by atoms with Crippen LogP contribution in [0.5, 0.6) is 0 Å². The predicted octanol–water partition coefficient (Wildman–Crippen LogP) is 0.748. The lowest BCUT2D eigenvalue weighted by Crippen LogP contribution is -2.29. The van der Waals surface area contributed by atoms with Gasteiger partial charge in [0, 0.05) is 24.8 Å². The third-order valence-electron chi connectivity index (χ3n) is 3.48. The van der Waals surface area contributed by atoms with E-state index in [1.807, 2.05) is 6.92 Å².